The minimum Gasteiger partial charge on any atom is -0.479 e. The van der Waals surface area contributed by atoms with Gasteiger partial charge in [0.05, 0.1) is 0 Å². The van der Waals surface area contributed by atoms with E-state index in [9.17, 15) is 4.79 Å². The molecule has 0 spiro atoms. The Morgan fingerprint density at radius 1 is 1.06 bits per heavy atom. The van der Waals surface area contributed by atoms with Gasteiger partial charge in [-0.3, -0.25) is 0 Å². The number of aliphatic carboxylic acids is 1. The largest absolute Gasteiger partial charge is 0.479 e. The predicted octanol–water partition coefficient (Wildman–Crippen LogP) is 3.62. The third-order valence-electron chi connectivity index (χ3n) is 2.64. The Bertz CT molecular complexity index is 169. The second-order valence-corrected chi connectivity index (χ2v) is 4.25. The molecule has 16 heavy (non-hydrogen) atoms. The molecule has 0 amide bonds. The third kappa shape index (κ3) is 8.72. The molecule has 0 heterocycles. The van der Waals surface area contributed by atoms with Crippen molar-refractivity contribution in [2.24, 2.45) is 0 Å². The maximum absolute atomic E-state index is 10.8. The summed E-state index contributed by atoms with van der Waals surface area (Å²) in [5, 5.41) is 8.85. The molecule has 0 bridgehead atoms. The Labute approximate surface area is 99.2 Å². The molecule has 0 aromatic rings. The SMILES string of the molecule is CCCCCCCCO[C@@H](CCC)C(=O)O. The summed E-state index contributed by atoms with van der Waals surface area (Å²) in [6.45, 7) is 4.76. The monoisotopic (exact) mass is 230 g/mol. The normalized spacial score (nSPS) is 12.6. The van der Waals surface area contributed by atoms with Gasteiger partial charge in [0.2, 0.25) is 0 Å². The van der Waals surface area contributed by atoms with Gasteiger partial charge in [0, 0.05) is 6.61 Å². The topological polar surface area (TPSA) is 46.5 Å². The quantitative estimate of drug-likeness (QED) is 0.551. The van der Waals surface area contributed by atoms with E-state index in [2.05, 4.69) is 6.92 Å². The zero-order chi connectivity index (χ0) is 12.2. The molecule has 0 aliphatic carbocycles. The fourth-order valence-electron chi connectivity index (χ4n) is 1.65. The highest BCUT2D eigenvalue weighted by molar-refractivity contribution is 5.72. The Hall–Kier alpha value is -0.570. The lowest BCUT2D eigenvalue weighted by molar-refractivity contribution is -0.150. The maximum Gasteiger partial charge on any atom is 0.332 e. The number of unbranched alkanes of at least 4 members (excludes halogenated alkanes) is 5. The van der Waals surface area contributed by atoms with Gasteiger partial charge < -0.3 is 9.84 Å². The molecule has 96 valence electrons. The maximum atomic E-state index is 10.8. The predicted molar refractivity (Wildman–Crippen MR) is 65.7 cm³/mol. The van der Waals surface area contributed by atoms with Gasteiger partial charge in [-0.05, 0) is 12.8 Å². The van der Waals surface area contributed by atoms with Crippen molar-refractivity contribution in [3.63, 3.8) is 0 Å². The highest BCUT2D eigenvalue weighted by Gasteiger charge is 2.15. The molecule has 0 saturated heterocycles. The van der Waals surface area contributed by atoms with E-state index < -0.39 is 12.1 Å². The van der Waals surface area contributed by atoms with Crippen LogP contribution >= 0.6 is 0 Å². The summed E-state index contributed by atoms with van der Waals surface area (Å²) < 4.78 is 5.35. The van der Waals surface area contributed by atoms with E-state index in [0.29, 0.717) is 13.0 Å². The Balaban J connectivity index is 3.37. The lowest BCUT2D eigenvalue weighted by Gasteiger charge is -2.12. The number of carboxylic acid groups (broad SMARTS) is 1. The van der Waals surface area contributed by atoms with Gasteiger partial charge >= 0.3 is 5.97 Å². The van der Waals surface area contributed by atoms with E-state index >= 15 is 0 Å². The highest BCUT2D eigenvalue weighted by Crippen LogP contribution is 2.07. The van der Waals surface area contributed by atoms with Gasteiger partial charge in [-0.25, -0.2) is 4.79 Å². The van der Waals surface area contributed by atoms with Crippen molar-refractivity contribution in [1.82, 2.24) is 0 Å². The molecular weight excluding hydrogens is 204 g/mol. The first-order valence-corrected chi connectivity index (χ1v) is 6.56. The highest BCUT2D eigenvalue weighted by atomic mass is 16.5. The van der Waals surface area contributed by atoms with Crippen molar-refractivity contribution in [3.8, 4) is 0 Å². The van der Waals surface area contributed by atoms with Crippen molar-refractivity contribution in [3.05, 3.63) is 0 Å². The van der Waals surface area contributed by atoms with Crippen LogP contribution in [0.2, 0.25) is 0 Å². The summed E-state index contributed by atoms with van der Waals surface area (Å²) in [7, 11) is 0. The summed E-state index contributed by atoms with van der Waals surface area (Å²) in [5.74, 6) is -0.826. The lowest BCUT2D eigenvalue weighted by Crippen LogP contribution is -2.24. The van der Waals surface area contributed by atoms with Crippen LogP contribution in [0.25, 0.3) is 0 Å². The van der Waals surface area contributed by atoms with Gasteiger partial charge in [-0.15, -0.1) is 0 Å². The molecule has 1 N–H and O–H groups in total. The smallest absolute Gasteiger partial charge is 0.332 e. The summed E-state index contributed by atoms with van der Waals surface area (Å²) in [6.07, 6.45) is 8.09. The molecule has 0 saturated carbocycles. The molecule has 0 aliphatic rings. The van der Waals surface area contributed by atoms with Crippen molar-refractivity contribution >= 4 is 5.97 Å². The van der Waals surface area contributed by atoms with Crippen molar-refractivity contribution in [1.29, 1.82) is 0 Å². The first-order valence-electron chi connectivity index (χ1n) is 6.56. The summed E-state index contributed by atoms with van der Waals surface area (Å²) in [6, 6.07) is 0. The molecule has 0 rings (SSSR count). The number of rotatable bonds is 11. The summed E-state index contributed by atoms with van der Waals surface area (Å²) in [4.78, 5) is 10.8. The molecule has 1 atom stereocenters. The molecule has 0 aliphatic heterocycles. The average Bonchev–Trinajstić information content (AvgIpc) is 2.26. The van der Waals surface area contributed by atoms with Crippen LogP contribution in [0.5, 0.6) is 0 Å². The number of carboxylic acids is 1. The van der Waals surface area contributed by atoms with Crippen LogP contribution in [0.15, 0.2) is 0 Å². The molecule has 3 heteroatoms. The second kappa shape index (κ2) is 10.9. The van der Waals surface area contributed by atoms with Crippen LogP contribution in [-0.4, -0.2) is 23.8 Å². The van der Waals surface area contributed by atoms with Gasteiger partial charge in [0.15, 0.2) is 6.10 Å². The van der Waals surface area contributed by atoms with Crippen LogP contribution in [0.3, 0.4) is 0 Å². The number of ether oxygens (including phenoxy) is 1. The summed E-state index contributed by atoms with van der Waals surface area (Å²) in [5.41, 5.74) is 0. The molecule has 0 aromatic heterocycles. The first kappa shape index (κ1) is 15.4. The van der Waals surface area contributed by atoms with Gasteiger partial charge in [0.1, 0.15) is 0 Å². The van der Waals surface area contributed by atoms with Crippen molar-refractivity contribution < 1.29 is 14.6 Å². The molecule has 3 nitrogen and oxygen atoms in total. The Morgan fingerprint density at radius 3 is 2.25 bits per heavy atom. The minimum absolute atomic E-state index is 0.586. The van der Waals surface area contributed by atoms with E-state index in [4.69, 9.17) is 9.84 Å². The molecule has 0 fully saturated rings. The van der Waals surface area contributed by atoms with Crippen LogP contribution in [0.4, 0.5) is 0 Å². The average molecular weight is 230 g/mol. The number of hydrogen-bond acceptors (Lipinski definition) is 2. The van der Waals surface area contributed by atoms with E-state index in [1.807, 2.05) is 6.92 Å². The molecular formula is C13H26O3. The van der Waals surface area contributed by atoms with Crippen LogP contribution in [0.1, 0.15) is 65.2 Å². The third-order valence-corrected chi connectivity index (χ3v) is 2.64. The van der Waals surface area contributed by atoms with Crippen molar-refractivity contribution in [2.45, 2.75) is 71.3 Å². The fraction of sp³-hybridized carbons (Fsp3) is 0.923. The van der Waals surface area contributed by atoms with Crippen LogP contribution in [-0.2, 0) is 9.53 Å². The van der Waals surface area contributed by atoms with Crippen LogP contribution < -0.4 is 0 Å². The fourth-order valence-corrected chi connectivity index (χ4v) is 1.65. The minimum atomic E-state index is -0.826. The first-order chi connectivity index (χ1) is 7.72. The van der Waals surface area contributed by atoms with Gasteiger partial charge in [-0.2, -0.15) is 0 Å². The van der Waals surface area contributed by atoms with Crippen LogP contribution in [0, 0.1) is 0 Å². The van der Waals surface area contributed by atoms with E-state index in [1.165, 1.54) is 25.7 Å². The Kier molecular flexibility index (Phi) is 10.5. The summed E-state index contributed by atoms with van der Waals surface area (Å²) >= 11 is 0. The number of carbonyl (C=O) groups is 1. The van der Waals surface area contributed by atoms with Crippen molar-refractivity contribution in [2.75, 3.05) is 6.61 Å². The Morgan fingerprint density at radius 2 is 1.69 bits per heavy atom. The molecule has 0 unspecified atom stereocenters. The van der Waals surface area contributed by atoms with Gasteiger partial charge in [-0.1, -0.05) is 52.4 Å². The molecule has 0 radical (unpaired) electrons. The zero-order valence-corrected chi connectivity index (χ0v) is 10.7. The zero-order valence-electron chi connectivity index (χ0n) is 10.7. The standard InChI is InChI=1S/C13H26O3/c1-3-5-6-7-8-9-11-16-12(10-4-2)13(14)15/h12H,3-11H2,1-2H3,(H,14,15)/t12-/m0/s1. The van der Waals surface area contributed by atoms with E-state index in [-0.39, 0.29) is 0 Å². The van der Waals surface area contributed by atoms with E-state index in [1.54, 1.807) is 0 Å². The molecule has 0 aromatic carbocycles. The number of hydrogen-bond donors (Lipinski definition) is 1. The van der Waals surface area contributed by atoms with E-state index in [0.717, 1.165) is 19.3 Å². The van der Waals surface area contributed by atoms with Gasteiger partial charge in [0.25, 0.3) is 0 Å². The lowest BCUT2D eigenvalue weighted by atomic mass is 10.1. The second-order valence-electron chi connectivity index (χ2n) is 4.25.